The maximum atomic E-state index is 13.7. The number of hydrogen-bond acceptors (Lipinski definition) is 6. The lowest BCUT2D eigenvalue weighted by atomic mass is 9.95. The minimum atomic E-state index is -4.46. The van der Waals surface area contributed by atoms with E-state index in [0.29, 0.717) is 17.8 Å². The summed E-state index contributed by atoms with van der Waals surface area (Å²) in [5, 5.41) is 20.2. The highest BCUT2D eigenvalue weighted by Crippen LogP contribution is 2.41. The van der Waals surface area contributed by atoms with Gasteiger partial charge >= 0.3 is 6.18 Å². The lowest BCUT2D eigenvalue weighted by molar-refractivity contribution is -0.206. The Hall–Kier alpha value is -2.83. The van der Waals surface area contributed by atoms with Gasteiger partial charge in [-0.3, -0.25) is 9.78 Å². The topological polar surface area (TPSA) is 101 Å². The quantitative estimate of drug-likeness (QED) is 0.416. The molecule has 0 aliphatic carbocycles. The van der Waals surface area contributed by atoms with E-state index in [2.05, 4.69) is 10.3 Å². The Morgan fingerprint density at radius 2 is 2.03 bits per heavy atom. The summed E-state index contributed by atoms with van der Waals surface area (Å²) in [4.78, 5) is 13.9. The van der Waals surface area contributed by atoms with E-state index in [9.17, 15) is 26.7 Å². The molecule has 182 valence electrons. The van der Waals surface area contributed by atoms with Crippen LogP contribution in [0.4, 0.5) is 27.6 Å². The van der Waals surface area contributed by atoms with Crippen LogP contribution in [0.5, 0.6) is 5.75 Å². The van der Waals surface area contributed by atoms with E-state index in [1.54, 1.807) is 13.0 Å². The van der Waals surface area contributed by atoms with Gasteiger partial charge in [-0.1, -0.05) is 6.07 Å². The van der Waals surface area contributed by atoms with Crippen LogP contribution in [0.15, 0.2) is 30.5 Å². The lowest BCUT2D eigenvalue weighted by Crippen LogP contribution is -2.27. The molecule has 7 nitrogen and oxygen atoms in total. The molecular weight excluding hydrogens is 455 g/mol. The van der Waals surface area contributed by atoms with Crippen molar-refractivity contribution in [2.45, 2.75) is 37.6 Å². The predicted octanol–water partition coefficient (Wildman–Crippen LogP) is 3.47. The Kier molecular flexibility index (Phi) is 9.50. The van der Waals surface area contributed by atoms with Crippen LogP contribution in [-0.2, 0) is 9.53 Å². The van der Waals surface area contributed by atoms with Gasteiger partial charge in [0.15, 0.2) is 17.7 Å². The van der Waals surface area contributed by atoms with Gasteiger partial charge in [0.1, 0.15) is 6.10 Å². The number of amides is 1. The van der Waals surface area contributed by atoms with Crippen molar-refractivity contribution in [3.05, 3.63) is 53.4 Å². The van der Waals surface area contributed by atoms with Crippen LogP contribution in [0.25, 0.3) is 0 Å². The third-order valence-corrected chi connectivity index (χ3v) is 4.70. The summed E-state index contributed by atoms with van der Waals surface area (Å²) in [6, 6.07) is 5.26. The Bertz CT molecular complexity index is 911. The molecule has 0 radical (unpaired) electrons. The van der Waals surface area contributed by atoms with E-state index in [4.69, 9.17) is 19.7 Å². The van der Waals surface area contributed by atoms with Gasteiger partial charge < -0.3 is 25.0 Å². The predicted molar refractivity (Wildman–Crippen MR) is 107 cm³/mol. The SMILES string of the molecule is CCOc1c(C2COC(C(F)(F)F)C2)ccc(F)c1F.O=CNc1ccc(C(O)CO)nc1. The molecule has 3 unspecified atom stereocenters. The Labute approximate surface area is 186 Å². The maximum absolute atomic E-state index is 13.7. The normalized spacial score (nSPS) is 18.8. The first-order valence-electron chi connectivity index (χ1n) is 9.86. The fraction of sp³-hybridized carbons (Fsp3) is 0.429. The number of aliphatic hydroxyl groups excluding tert-OH is 2. The van der Waals surface area contributed by atoms with Crippen LogP contribution >= 0.6 is 0 Å². The second-order valence-corrected chi connectivity index (χ2v) is 6.94. The molecule has 3 atom stereocenters. The number of benzene rings is 1. The number of ether oxygens (including phenoxy) is 2. The minimum absolute atomic E-state index is 0.0870. The van der Waals surface area contributed by atoms with Crippen molar-refractivity contribution >= 4 is 12.1 Å². The third-order valence-electron chi connectivity index (χ3n) is 4.70. The van der Waals surface area contributed by atoms with Gasteiger partial charge in [-0.2, -0.15) is 17.6 Å². The number of carbonyl (C=O) groups excluding carboxylic acids is 1. The zero-order valence-corrected chi connectivity index (χ0v) is 17.5. The molecule has 1 amide bonds. The molecule has 33 heavy (non-hydrogen) atoms. The highest BCUT2D eigenvalue weighted by atomic mass is 19.4. The second kappa shape index (κ2) is 11.9. The number of alkyl halides is 3. The van der Waals surface area contributed by atoms with Crippen LogP contribution in [0, 0.1) is 11.6 Å². The lowest BCUT2D eigenvalue weighted by Gasteiger charge is -2.16. The summed E-state index contributed by atoms with van der Waals surface area (Å²) >= 11 is 0. The van der Waals surface area contributed by atoms with E-state index in [0.717, 1.165) is 6.07 Å². The summed E-state index contributed by atoms with van der Waals surface area (Å²) in [6.07, 6.45) is -5.68. The van der Waals surface area contributed by atoms with Gasteiger partial charge in [-0.15, -0.1) is 0 Å². The average molecular weight is 478 g/mol. The fourth-order valence-electron chi connectivity index (χ4n) is 3.08. The van der Waals surface area contributed by atoms with Crippen LogP contribution < -0.4 is 10.1 Å². The number of nitrogens with one attached hydrogen (secondary N) is 1. The molecule has 3 rings (SSSR count). The van der Waals surface area contributed by atoms with Crippen LogP contribution in [0.3, 0.4) is 0 Å². The summed E-state index contributed by atoms with van der Waals surface area (Å²) in [7, 11) is 0. The van der Waals surface area contributed by atoms with Crippen molar-refractivity contribution in [1.82, 2.24) is 4.98 Å². The molecule has 1 fully saturated rings. The van der Waals surface area contributed by atoms with E-state index in [1.807, 2.05) is 0 Å². The number of rotatable bonds is 7. The van der Waals surface area contributed by atoms with Gasteiger partial charge in [0.05, 0.1) is 37.4 Å². The molecule has 0 bridgehead atoms. The second-order valence-electron chi connectivity index (χ2n) is 6.94. The van der Waals surface area contributed by atoms with Crippen molar-refractivity contribution in [2.24, 2.45) is 0 Å². The number of hydrogen-bond donors (Lipinski definition) is 3. The number of nitrogens with zero attached hydrogens (tertiary/aromatic N) is 1. The molecule has 0 spiro atoms. The molecule has 2 heterocycles. The molecule has 1 saturated heterocycles. The van der Waals surface area contributed by atoms with Crippen molar-refractivity contribution in [1.29, 1.82) is 0 Å². The molecule has 1 aromatic carbocycles. The van der Waals surface area contributed by atoms with E-state index in [-0.39, 0.29) is 37.6 Å². The average Bonchev–Trinajstić information content (AvgIpc) is 3.29. The summed E-state index contributed by atoms with van der Waals surface area (Å²) in [5.74, 6) is -3.27. The zero-order valence-electron chi connectivity index (χ0n) is 17.5. The van der Waals surface area contributed by atoms with E-state index >= 15 is 0 Å². The first-order valence-corrected chi connectivity index (χ1v) is 9.86. The summed E-state index contributed by atoms with van der Waals surface area (Å²) in [6.45, 7) is 1.10. The summed E-state index contributed by atoms with van der Waals surface area (Å²) < 4.78 is 74.2. The Balaban J connectivity index is 0.000000257. The molecule has 1 aliphatic heterocycles. The third kappa shape index (κ3) is 7.07. The van der Waals surface area contributed by atoms with Gasteiger partial charge in [-0.05, 0) is 31.5 Å². The van der Waals surface area contributed by atoms with E-state index < -0.39 is 35.9 Å². The number of aromatic nitrogens is 1. The van der Waals surface area contributed by atoms with Crippen molar-refractivity contribution in [2.75, 3.05) is 25.1 Å². The molecule has 3 N–H and O–H groups in total. The standard InChI is InChI=1S/C13H13F5O2.C8H10N2O3/c1-2-19-12-8(3-4-9(14)11(12)15)7-5-10(20-6-7)13(16,17)18;11-4-8(13)7-2-1-6(3-9-7)10-5-12/h3-4,7,10H,2,5-6H2,1H3;1-3,5,8,11,13H,4H2,(H,10,12). The van der Waals surface area contributed by atoms with Crippen LogP contribution in [-0.4, -0.2) is 53.7 Å². The van der Waals surface area contributed by atoms with Crippen molar-refractivity contribution in [3.63, 3.8) is 0 Å². The summed E-state index contributed by atoms with van der Waals surface area (Å²) in [5.41, 5.74) is 1.13. The molecule has 1 aliphatic rings. The zero-order chi connectivity index (χ0) is 24.6. The number of carbonyl (C=O) groups is 1. The maximum Gasteiger partial charge on any atom is 0.414 e. The van der Waals surface area contributed by atoms with Gasteiger partial charge in [-0.25, -0.2) is 4.39 Å². The molecule has 2 aromatic rings. The van der Waals surface area contributed by atoms with Crippen LogP contribution in [0.2, 0.25) is 0 Å². The number of aliphatic hydroxyl groups is 2. The number of halogens is 5. The smallest absolute Gasteiger partial charge is 0.414 e. The highest BCUT2D eigenvalue weighted by Gasteiger charge is 2.46. The Morgan fingerprint density at radius 1 is 1.30 bits per heavy atom. The van der Waals surface area contributed by atoms with Crippen molar-refractivity contribution < 1.29 is 46.4 Å². The molecular formula is C21H23F5N2O5. The monoisotopic (exact) mass is 478 g/mol. The molecule has 12 heteroatoms. The molecule has 0 saturated carbocycles. The number of anilines is 1. The van der Waals surface area contributed by atoms with Gasteiger partial charge in [0, 0.05) is 11.5 Å². The minimum Gasteiger partial charge on any atom is -0.490 e. The largest absolute Gasteiger partial charge is 0.490 e. The number of pyridine rings is 1. The van der Waals surface area contributed by atoms with Gasteiger partial charge in [0.25, 0.3) is 0 Å². The fourth-order valence-corrected chi connectivity index (χ4v) is 3.08. The first kappa shape index (κ1) is 26.4. The highest BCUT2D eigenvalue weighted by molar-refractivity contribution is 5.70. The molecule has 1 aromatic heterocycles. The first-order chi connectivity index (χ1) is 15.6. The Morgan fingerprint density at radius 3 is 2.55 bits per heavy atom. The van der Waals surface area contributed by atoms with E-state index in [1.165, 1.54) is 18.3 Å². The van der Waals surface area contributed by atoms with Gasteiger partial charge in [0.2, 0.25) is 12.2 Å². The van der Waals surface area contributed by atoms with Crippen LogP contribution in [0.1, 0.15) is 36.6 Å². The van der Waals surface area contributed by atoms with Crippen molar-refractivity contribution in [3.8, 4) is 5.75 Å².